The molecule has 20 heavy (non-hydrogen) atoms. The molecule has 0 radical (unpaired) electrons. The van der Waals surface area contributed by atoms with E-state index in [0.717, 1.165) is 24.0 Å². The Morgan fingerprint density at radius 3 is 2.65 bits per heavy atom. The van der Waals surface area contributed by atoms with Crippen molar-refractivity contribution in [1.29, 1.82) is 0 Å². The molecule has 1 heterocycles. The average molecular weight is 279 g/mol. The molecule has 1 unspecified atom stereocenters. The van der Waals surface area contributed by atoms with Gasteiger partial charge in [0.25, 0.3) is 0 Å². The highest BCUT2D eigenvalue weighted by Gasteiger charge is 2.06. The largest absolute Gasteiger partial charge is 0.354 e. The monoisotopic (exact) mass is 279 g/mol. The number of aromatic nitrogens is 2. The average Bonchev–Trinajstić information content (AvgIpc) is 2.79. The minimum absolute atomic E-state index is 0.439. The summed E-state index contributed by atoms with van der Waals surface area (Å²) in [4.78, 5) is 4.26. The van der Waals surface area contributed by atoms with Gasteiger partial charge in [-0.25, -0.2) is 0 Å². The van der Waals surface area contributed by atoms with Crippen molar-refractivity contribution in [2.24, 2.45) is 18.0 Å². The van der Waals surface area contributed by atoms with Crippen LogP contribution in [0.3, 0.4) is 0 Å². The maximum absolute atomic E-state index is 4.26. The fraction of sp³-hybridized carbons (Fsp3) is 0.733. The van der Waals surface area contributed by atoms with Gasteiger partial charge in [-0.05, 0) is 19.3 Å². The Morgan fingerprint density at radius 1 is 1.35 bits per heavy atom. The molecule has 0 saturated carbocycles. The molecule has 0 spiro atoms. The van der Waals surface area contributed by atoms with Crippen molar-refractivity contribution in [3.8, 4) is 0 Å². The quantitative estimate of drug-likeness (QED) is 0.595. The van der Waals surface area contributed by atoms with Gasteiger partial charge in [-0.15, -0.1) is 0 Å². The van der Waals surface area contributed by atoms with E-state index in [2.05, 4.69) is 41.5 Å². The topological polar surface area (TPSA) is 54.2 Å². The first kappa shape index (κ1) is 16.5. The van der Waals surface area contributed by atoms with Gasteiger partial charge in [-0.1, -0.05) is 26.7 Å². The highest BCUT2D eigenvalue weighted by atomic mass is 15.2. The number of nitrogens with zero attached hydrogens (tertiary/aromatic N) is 3. The molecular formula is C15H29N5. The van der Waals surface area contributed by atoms with Crippen molar-refractivity contribution >= 4 is 5.96 Å². The second-order valence-corrected chi connectivity index (χ2v) is 5.82. The Hall–Kier alpha value is -1.52. The van der Waals surface area contributed by atoms with Crippen LogP contribution in [0.4, 0.5) is 0 Å². The zero-order valence-corrected chi connectivity index (χ0v) is 13.5. The van der Waals surface area contributed by atoms with Gasteiger partial charge in [0.05, 0.1) is 6.20 Å². The van der Waals surface area contributed by atoms with E-state index in [-0.39, 0.29) is 0 Å². The van der Waals surface area contributed by atoms with Gasteiger partial charge in [0, 0.05) is 38.4 Å². The summed E-state index contributed by atoms with van der Waals surface area (Å²) in [6.07, 6.45) is 7.59. The second kappa shape index (κ2) is 8.61. The molecule has 1 rings (SSSR count). The van der Waals surface area contributed by atoms with Crippen LogP contribution in [-0.2, 0) is 13.6 Å². The molecule has 1 atom stereocenters. The van der Waals surface area contributed by atoms with Crippen LogP contribution in [0.25, 0.3) is 0 Å². The molecule has 114 valence electrons. The van der Waals surface area contributed by atoms with Gasteiger partial charge in [0.1, 0.15) is 0 Å². The van der Waals surface area contributed by atoms with Crippen LogP contribution in [0.5, 0.6) is 0 Å². The van der Waals surface area contributed by atoms with Crippen molar-refractivity contribution in [2.45, 2.75) is 52.6 Å². The van der Waals surface area contributed by atoms with Crippen LogP contribution in [-0.4, -0.2) is 28.8 Å². The van der Waals surface area contributed by atoms with Crippen LogP contribution in [0, 0.1) is 5.92 Å². The van der Waals surface area contributed by atoms with Crippen molar-refractivity contribution in [1.82, 2.24) is 20.4 Å². The number of hydrogen-bond acceptors (Lipinski definition) is 2. The Balaban J connectivity index is 2.28. The highest BCUT2D eigenvalue weighted by molar-refractivity contribution is 5.79. The van der Waals surface area contributed by atoms with Crippen molar-refractivity contribution < 1.29 is 0 Å². The summed E-state index contributed by atoms with van der Waals surface area (Å²) in [6.45, 7) is 7.49. The Morgan fingerprint density at radius 2 is 2.10 bits per heavy atom. The third-order valence-corrected chi connectivity index (χ3v) is 3.24. The van der Waals surface area contributed by atoms with E-state index in [1.165, 1.54) is 19.3 Å². The van der Waals surface area contributed by atoms with Gasteiger partial charge >= 0.3 is 0 Å². The maximum atomic E-state index is 4.26. The van der Waals surface area contributed by atoms with Crippen molar-refractivity contribution in [2.75, 3.05) is 7.05 Å². The fourth-order valence-electron chi connectivity index (χ4n) is 2.08. The van der Waals surface area contributed by atoms with E-state index in [1.54, 1.807) is 7.05 Å². The predicted molar refractivity (Wildman–Crippen MR) is 84.7 cm³/mol. The first-order valence-electron chi connectivity index (χ1n) is 7.46. The summed E-state index contributed by atoms with van der Waals surface area (Å²) in [5, 5.41) is 10.9. The maximum Gasteiger partial charge on any atom is 0.191 e. The number of hydrogen-bond donors (Lipinski definition) is 2. The molecule has 2 N–H and O–H groups in total. The van der Waals surface area contributed by atoms with Crippen LogP contribution < -0.4 is 10.6 Å². The molecule has 5 nitrogen and oxygen atoms in total. The van der Waals surface area contributed by atoms with E-state index in [1.807, 2.05) is 24.1 Å². The summed E-state index contributed by atoms with van der Waals surface area (Å²) < 4.78 is 1.81. The second-order valence-electron chi connectivity index (χ2n) is 5.82. The van der Waals surface area contributed by atoms with E-state index >= 15 is 0 Å². The molecule has 0 fully saturated rings. The standard InChI is InChI=1S/C15H29N5/c1-12(2)7-6-8-13(3)19-15(16-4)17-9-14-10-18-20(5)11-14/h10-13H,6-9H2,1-5H3,(H2,16,17,19). The zero-order chi connectivity index (χ0) is 15.0. The van der Waals surface area contributed by atoms with Gasteiger partial charge < -0.3 is 10.6 Å². The van der Waals surface area contributed by atoms with E-state index in [9.17, 15) is 0 Å². The molecule has 0 amide bonds. The van der Waals surface area contributed by atoms with Gasteiger partial charge in [0.2, 0.25) is 0 Å². The molecular weight excluding hydrogens is 250 g/mol. The molecule has 0 aliphatic carbocycles. The van der Waals surface area contributed by atoms with Gasteiger partial charge in [-0.3, -0.25) is 9.67 Å². The van der Waals surface area contributed by atoms with Crippen LogP contribution >= 0.6 is 0 Å². The van der Waals surface area contributed by atoms with Crippen LogP contribution in [0.2, 0.25) is 0 Å². The SMILES string of the molecule is CN=C(NCc1cnn(C)c1)NC(C)CCCC(C)C. The van der Waals surface area contributed by atoms with Crippen molar-refractivity contribution in [3.63, 3.8) is 0 Å². The number of rotatable bonds is 7. The zero-order valence-electron chi connectivity index (χ0n) is 13.5. The molecule has 1 aromatic heterocycles. The van der Waals surface area contributed by atoms with Crippen LogP contribution in [0.1, 0.15) is 45.6 Å². The molecule has 0 bridgehead atoms. The number of aliphatic imine (C=N–C) groups is 1. The summed E-state index contributed by atoms with van der Waals surface area (Å²) in [7, 11) is 3.73. The summed E-state index contributed by atoms with van der Waals surface area (Å²) in [5.74, 6) is 1.64. The first-order valence-corrected chi connectivity index (χ1v) is 7.46. The lowest BCUT2D eigenvalue weighted by Crippen LogP contribution is -2.41. The smallest absolute Gasteiger partial charge is 0.191 e. The highest BCUT2D eigenvalue weighted by Crippen LogP contribution is 2.08. The van der Waals surface area contributed by atoms with Gasteiger partial charge in [-0.2, -0.15) is 5.10 Å². The Kier molecular flexibility index (Phi) is 7.12. The number of nitrogens with one attached hydrogen (secondary N) is 2. The minimum atomic E-state index is 0.439. The number of aryl methyl sites for hydroxylation is 1. The van der Waals surface area contributed by atoms with E-state index in [4.69, 9.17) is 0 Å². The molecule has 0 saturated heterocycles. The van der Waals surface area contributed by atoms with E-state index in [0.29, 0.717) is 6.04 Å². The summed E-state index contributed by atoms with van der Waals surface area (Å²) in [5.41, 5.74) is 1.16. The predicted octanol–water partition coefficient (Wildman–Crippen LogP) is 2.30. The minimum Gasteiger partial charge on any atom is -0.354 e. The third kappa shape index (κ3) is 6.59. The lowest BCUT2D eigenvalue weighted by molar-refractivity contribution is 0.491. The lowest BCUT2D eigenvalue weighted by Gasteiger charge is -2.18. The molecule has 0 aliphatic heterocycles. The summed E-state index contributed by atoms with van der Waals surface area (Å²) >= 11 is 0. The Labute approximate surface area is 122 Å². The Bertz CT molecular complexity index is 408. The fourth-order valence-corrected chi connectivity index (χ4v) is 2.08. The third-order valence-electron chi connectivity index (χ3n) is 3.24. The van der Waals surface area contributed by atoms with E-state index < -0.39 is 0 Å². The van der Waals surface area contributed by atoms with Crippen LogP contribution in [0.15, 0.2) is 17.4 Å². The molecule has 0 aromatic carbocycles. The normalized spacial score (nSPS) is 13.6. The summed E-state index contributed by atoms with van der Waals surface area (Å²) in [6, 6.07) is 0.439. The first-order chi connectivity index (χ1) is 9.51. The van der Waals surface area contributed by atoms with Crippen molar-refractivity contribution in [3.05, 3.63) is 18.0 Å². The molecule has 0 aliphatic rings. The molecule has 1 aromatic rings. The number of guanidine groups is 1. The van der Waals surface area contributed by atoms with Gasteiger partial charge in [0.15, 0.2) is 5.96 Å². The lowest BCUT2D eigenvalue weighted by atomic mass is 10.0. The molecule has 5 heteroatoms.